The van der Waals surface area contributed by atoms with Crippen LogP contribution in [-0.4, -0.2) is 22.6 Å². The summed E-state index contributed by atoms with van der Waals surface area (Å²) in [5.41, 5.74) is 8.19. The minimum absolute atomic E-state index is 0.00492. The summed E-state index contributed by atoms with van der Waals surface area (Å²) in [6.45, 7) is 9.02. The molecule has 0 aromatic carbocycles. The Hall–Kier alpha value is -1.65. The summed E-state index contributed by atoms with van der Waals surface area (Å²) in [5.74, 6) is 1.06. The van der Waals surface area contributed by atoms with Crippen LogP contribution in [0.4, 0.5) is 0 Å². The predicted octanol–water partition coefficient (Wildman–Crippen LogP) is 2.70. The molecule has 1 rings (SSSR count). The third-order valence-corrected chi connectivity index (χ3v) is 3.25. The van der Waals surface area contributed by atoms with Gasteiger partial charge in [0.1, 0.15) is 5.84 Å². The first-order valence-electron chi connectivity index (χ1n) is 7.36. The van der Waals surface area contributed by atoms with Gasteiger partial charge < -0.3 is 10.5 Å². The number of hydrogen-bond acceptors (Lipinski definition) is 4. The van der Waals surface area contributed by atoms with Crippen molar-refractivity contribution in [3.63, 3.8) is 0 Å². The molecule has 0 aliphatic carbocycles. The number of nitrogens with zero attached hydrogens (tertiary/aromatic N) is 2. The summed E-state index contributed by atoms with van der Waals surface area (Å²) in [5, 5.41) is 16.1. The number of aryl methyl sites for hydroxylation is 1. The fourth-order valence-corrected chi connectivity index (χ4v) is 2.19. The van der Waals surface area contributed by atoms with E-state index in [1.54, 1.807) is 0 Å². The maximum Gasteiger partial charge on any atom is 0.244 e. The molecule has 0 bridgehead atoms. The van der Waals surface area contributed by atoms with Gasteiger partial charge in [0.05, 0.1) is 17.9 Å². The number of aromatic nitrogens is 2. The van der Waals surface area contributed by atoms with Crippen LogP contribution in [0.3, 0.4) is 0 Å². The summed E-state index contributed by atoms with van der Waals surface area (Å²) in [6, 6.07) is 0. The van der Waals surface area contributed by atoms with Crippen molar-refractivity contribution in [2.75, 3.05) is 6.61 Å². The van der Waals surface area contributed by atoms with E-state index in [1.807, 2.05) is 13.8 Å². The number of amidine groups is 1. The molecule has 112 valence electrons. The van der Waals surface area contributed by atoms with Crippen molar-refractivity contribution >= 4 is 5.84 Å². The Morgan fingerprint density at radius 1 is 1.25 bits per heavy atom. The van der Waals surface area contributed by atoms with Gasteiger partial charge in [-0.05, 0) is 37.2 Å². The second-order valence-electron chi connectivity index (χ2n) is 5.31. The lowest BCUT2D eigenvalue weighted by atomic mass is 10.0. The third-order valence-electron chi connectivity index (χ3n) is 3.25. The average molecular weight is 278 g/mol. The summed E-state index contributed by atoms with van der Waals surface area (Å²) in [7, 11) is 0. The van der Waals surface area contributed by atoms with E-state index in [4.69, 9.17) is 15.9 Å². The minimum Gasteiger partial charge on any atom is -0.476 e. The van der Waals surface area contributed by atoms with Crippen molar-refractivity contribution in [3.8, 4) is 5.88 Å². The van der Waals surface area contributed by atoms with Crippen LogP contribution in [0.1, 0.15) is 57.4 Å². The maximum atomic E-state index is 7.77. The summed E-state index contributed by atoms with van der Waals surface area (Å²) in [4.78, 5) is 0. The minimum atomic E-state index is 0.00492. The monoisotopic (exact) mass is 278 g/mol. The summed E-state index contributed by atoms with van der Waals surface area (Å²) < 4.78 is 5.70. The first-order valence-corrected chi connectivity index (χ1v) is 7.36. The molecular formula is C15H26N4O. The smallest absolute Gasteiger partial charge is 0.244 e. The molecule has 5 heteroatoms. The first-order chi connectivity index (χ1) is 9.51. The van der Waals surface area contributed by atoms with Gasteiger partial charge in [0.25, 0.3) is 0 Å². The maximum absolute atomic E-state index is 7.77. The molecule has 1 aromatic rings. The molecule has 5 nitrogen and oxygen atoms in total. The van der Waals surface area contributed by atoms with Gasteiger partial charge in [0, 0.05) is 0 Å². The topological polar surface area (TPSA) is 84.9 Å². The number of hydrogen-bond donors (Lipinski definition) is 2. The van der Waals surface area contributed by atoms with Gasteiger partial charge in [0.2, 0.25) is 5.88 Å². The van der Waals surface area contributed by atoms with Crippen LogP contribution in [0.15, 0.2) is 0 Å². The van der Waals surface area contributed by atoms with Crippen LogP contribution in [0, 0.1) is 11.3 Å². The molecule has 0 aliphatic rings. The van der Waals surface area contributed by atoms with Gasteiger partial charge in [-0.15, -0.1) is 5.10 Å². The van der Waals surface area contributed by atoms with Crippen LogP contribution in [0.2, 0.25) is 0 Å². The second-order valence-corrected chi connectivity index (χ2v) is 5.31. The van der Waals surface area contributed by atoms with Crippen LogP contribution in [0.5, 0.6) is 5.88 Å². The summed E-state index contributed by atoms with van der Waals surface area (Å²) in [6.07, 6.45) is 3.63. The van der Waals surface area contributed by atoms with E-state index >= 15 is 0 Å². The predicted molar refractivity (Wildman–Crippen MR) is 81.4 cm³/mol. The Kier molecular flexibility index (Phi) is 6.42. The van der Waals surface area contributed by atoms with Crippen molar-refractivity contribution in [2.45, 2.75) is 53.4 Å². The van der Waals surface area contributed by atoms with Crippen molar-refractivity contribution in [3.05, 3.63) is 16.8 Å². The lowest BCUT2D eigenvalue weighted by molar-refractivity contribution is 0.282. The number of nitrogen functional groups attached to an aromatic ring is 1. The van der Waals surface area contributed by atoms with Gasteiger partial charge in [-0.25, -0.2) is 0 Å². The van der Waals surface area contributed by atoms with E-state index in [1.165, 1.54) is 0 Å². The van der Waals surface area contributed by atoms with Crippen LogP contribution >= 0.6 is 0 Å². The molecule has 0 saturated heterocycles. The zero-order chi connectivity index (χ0) is 15.1. The van der Waals surface area contributed by atoms with Gasteiger partial charge in [-0.2, -0.15) is 5.10 Å². The van der Waals surface area contributed by atoms with Crippen molar-refractivity contribution in [2.24, 2.45) is 11.7 Å². The Morgan fingerprint density at radius 2 is 1.95 bits per heavy atom. The Balaban J connectivity index is 2.92. The van der Waals surface area contributed by atoms with Crippen molar-refractivity contribution in [1.82, 2.24) is 10.2 Å². The molecule has 3 N–H and O–H groups in total. The average Bonchev–Trinajstić information content (AvgIpc) is 2.41. The van der Waals surface area contributed by atoms with E-state index < -0.39 is 0 Å². The fraction of sp³-hybridized carbons (Fsp3) is 0.667. The molecule has 1 heterocycles. The normalized spacial score (nSPS) is 10.8. The summed E-state index contributed by atoms with van der Waals surface area (Å²) >= 11 is 0. The molecule has 0 saturated carbocycles. The third kappa shape index (κ3) is 4.18. The van der Waals surface area contributed by atoms with Crippen LogP contribution in [0.25, 0.3) is 0 Å². The zero-order valence-corrected chi connectivity index (χ0v) is 13.0. The molecular weight excluding hydrogens is 252 g/mol. The highest BCUT2D eigenvalue weighted by molar-refractivity contribution is 5.98. The molecule has 20 heavy (non-hydrogen) atoms. The lowest BCUT2D eigenvalue weighted by Gasteiger charge is -2.15. The van der Waals surface area contributed by atoms with E-state index in [0.717, 1.165) is 36.9 Å². The van der Waals surface area contributed by atoms with Gasteiger partial charge >= 0.3 is 0 Å². The van der Waals surface area contributed by atoms with Crippen LogP contribution in [-0.2, 0) is 12.8 Å². The molecule has 0 radical (unpaired) electrons. The highest BCUT2D eigenvalue weighted by atomic mass is 16.5. The standard InChI is InChI=1S/C15H26N4O/c1-5-11-12(6-2)18-19-15(13(11)14(16)17)20-9-7-8-10(3)4/h10H,5-9H2,1-4H3,(H3,16,17). The highest BCUT2D eigenvalue weighted by Crippen LogP contribution is 2.22. The highest BCUT2D eigenvalue weighted by Gasteiger charge is 2.17. The van der Waals surface area contributed by atoms with Crippen molar-refractivity contribution < 1.29 is 4.74 Å². The van der Waals surface area contributed by atoms with Crippen LogP contribution < -0.4 is 10.5 Å². The lowest BCUT2D eigenvalue weighted by Crippen LogP contribution is -2.19. The molecule has 1 aromatic heterocycles. The van der Waals surface area contributed by atoms with Crippen molar-refractivity contribution in [1.29, 1.82) is 5.41 Å². The quantitative estimate of drug-likeness (QED) is 0.435. The fourth-order valence-electron chi connectivity index (χ4n) is 2.19. The van der Waals surface area contributed by atoms with E-state index in [2.05, 4.69) is 24.0 Å². The molecule has 0 atom stereocenters. The Bertz CT molecular complexity index is 457. The molecule has 0 amide bonds. The number of ether oxygens (including phenoxy) is 1. The molecule has 0 aliphatic heterocycles. The molecule has 0 spiro atoms. The van der Waals surface area contributed by atoms with E-state index in [0.29, 0.717) is 24.0 Å². The Morgan fingerprint density at radius 3 is 2.45 bits per heavy atom. The van der Waals surface area contributed by atoms with E-state index in [9.17, 15) is 0 Å². The second kappa shape index (κ2) is 7.82. The molecule has 0 unspecified atom stereocenters. The van der Waals surface area contributed by atoms with Gasteiger partial charge in [-0.3, -0.25) is 5.41 Å². The number of nitrogens with two attached hydrogens (primary N) is 1. The number of rotatable bonds is 8. The number of nitrogens with one attached hydrogen (secondary N) is 1. The van der Waals surface area contributed by atoms with Gasteiger partial charge in [-0.1, -0.05) is 27.7 Å². The van der Waals surface area contributed by atoms with E-state index in [-0.39, 0.29) is 5.84 Å². The molecule has 0 fully saturated rings. The Labute approximate surface area is 121 Å². The van der Waals surface area contributed by atoms with Gasteiger partial charge in [0.15, 0.2) is 0 Å². The largest absolute Gasteiger partial charge is 0.476 e. The zero-order valence-electron chi connectivity index (χ0n) is 13.0. The SMILES string of the molecule is CCc1nnc(OCCCC(C)C)c(C(=N)N)c1CC. The first kappa shape index (κ1) is 16.4.